The van der Waals surface area contributed by atoms with E-state index in [1.54, 1.807) is 13.8 Å². The van der Waals surface area contributed by atoms with Gasteiger partial charge in [-0.1, -0.05) is 12.1 Å². The molecule has 0 bridgehead atoms. The molecule has 0 heterocycles. The predicted molar refractivity (Wildman–Crippen MR) is 64.4 cm³/mol. The number of thioether (sulfide) groups is 1. The van der Waals surface area contributed by atoms with Gasteiger partial charge in [-0.25, -0.2) is 0 Å². The fourth-order valence-corrected chi connectivity index (χ4v) is 2.14. The zero-order valence-electron chi connectivity index (χ0n) is 9.64. The number of rotatable bonds is 4. The zero-order chi connectivity index (χ0) is 12.1. The van der Waals surface area contributed by atoms with E-state index in [2.05, 4.69) is 4.74 Å². The first-order valence-corrected chi connectivity index (χ1v) is 5.95. The largest absolute Gasteiger partial charge is 0.468 e. The van der Waals surface area contributed by atoms with Crippen LogP contribution < -0.4 is 0 Å². The minimum absolute atomic E-state index is 0.220. The van der Waals surface area contributed by atoms with E-state index in [-0.39, 0.29) is 11.2 Å². The van der Waals surface area contributed by atoms with Gasteiger partial charge in [-0.2, -0.15) is 0 Å². The first-order valence-electron chi connectivity index (χ1n) is 5.07. The van der Waals surface area contributed by atoms with Crippen molar-refractivity contribution in [1.29, 1.82) is 0 Å². The molecule has 0 spiro atoms. The maximum atomic E-state index is 11.2. The second kappa shape index (κ2) is 5.92. The lowest BCUT2D eigenvalue weighted by atomic mass is 10.1. The highest BCUT2D eigenvalue weighted by Crippen LogP contribution is 2.25. The first kappa shape index (κ1) is 13.1. The van der Waals surface area contributed by atoms with Crippen LogP contribution in [0.5, 0.6) is 0 Å². The molecule has 1 rings (SSSR count). The summed E-state index contributed by atoms with van der Waals surface area (Å²) in [5, 5.41) is 9.12. The molecule has 88 valence electrons. The lowest BCUT2D eigenvalue weighted by Gasteiger charge is -2.10. The molecule has 0 aliphatic carbocycles. The molecule has 0 fully saturated rings. The van der Waals surface area contributed by atoms with Crippen LogP contribution in [0.2, 0.25) is 0 Å². The quantitative estimate of drug-likeness (QED) is 0.648. The Morgan fingerprint density at radius 1 is 1.31 bits per heavy atom. The van der Waals surface area contributed by atoms with E-state index in [1.165, 1.54) is 18.9 Å². The average Bonchev–Trinajstić information content (AvgIpc) is 2.28. The molecule has 4 heteroatoms. The van der Waals surface area contributed by atoms with Gasteiger partial charge in [-0.15, -0.1) is 11.8 Å². The fraction of sp³-hybridized carbons (Fsp3) is 0.417. The summed E-state index contributed by atoms with van der Waals surface area (Å²) in [4.78, 5) is 12.2. The predicted octanol–water partition coefficient (Wildman–Crippen LogP) is 2.39. The number of aliphatic hydroxyl groups is 1. The number of benzene rings is 1. The smallest absolute Gasteiger partial charge is 0.318 e. The van der Waals surface area contributed by atoms with E-state index in [1.807, 2.05) is 24.3 Å². The summed E-state index contributed by atoms with van der Waals surface area (Å²) in [7, 11) is 1.38. The molecule has 1 N–H and O–H groups in total. The number of ether oxygens (including phenoxy) is 1. The number of hydrogen-bond donors (Lipinski definition) is 1. The third-order valence-electron chi connectivity index (χ3n) is 2.21. The molecule has 2 atom stereocenters. The number of hydrogen-bond acceptors (Lipinski definition) is 4. The SMILES string of the molecule is COC(=O)C(C)Sc1ccc(C(C)O)cc1. The Balaban J connectivity index is 2.65. The Hall–Kier alpha value is -1.00. The summed E-state index contributed by atoms with van der Waals surface area (Å²) in [6.45, 7) is 3.53. The van der Waals surface area contributed by atoms with Crippen LogP contribution in [0.25, 0.3) is 0 Å². The summed E-state index contributed by atoms with van der Waals surface area (Å²) in [6.07, 6.45) is -0.461. The van der Waals surface area contributed by atoms with Crippen LogP contribution in [0, 0.1) is 0 Å². The van der Waals surface area contributed by atoms with Gasteiger partial charge in [0.1, 0.15) is 5.25 Å². The normalized spacial score (nSPS) is 14.2. The van der Waals surface area contributed by atoms with Crippen LogP contribution >= 0.6 is 11.8 Å². The second-order valence-corrected chi connectivity index (χ2v) is 4.94. The first-order chi connectivity index (χ1) is 7.54. The molecule has 0 radical (unpaired) electrons. The summed E-state index contributed by atoms with van der Waals surface area (Å²) < 4.78 is 4.65. The van der Waals surface area contributed by atoms with Crippen molar-refractivity contribution in [2.45, 2.75) is 30.1 Å². The molecule has 1 aromatic rings. The van der Waals surface area contributed by atoms with Crippen LogP contribution in [0.1, 0.15) is 25.5 Å². The van der Waals surface area contributed by atoms with E-state index < -0.39 is 6.10 Å². The highest BCUT2D eigenvalue weighted by molar-refractivity contribution is 8.00. The van der Waals surface area contributed by atoms with E-state index in [4.69, 9.17) is 0 Å². The molecule has 0 aromatic heterocycles. The Morgan fingerprint density at radius 2 is 1.88 bits per heavy atom. The van der Waals surface area contributed by atoms with Gasteiger partial charge in [0.25, 0.3) is 0 Å². The highest BCUT2D eigenvalue weighted by Gasteiger charge is 2.14. The van der Waals surface area contributed by atoms with Gasteiger partial charge in [0.15, 0.2) is 0 Å². The van der Waals surface area contributed by atoms with Crippen molar-refractivity contribution in [3.63, 3.8) is 0 Å². The van der Waals surface area contributed by atoms with Gasteiger partial charge in [-0.05, 0) is 31.5 Å². The average molecular weight is 240 g/mol. The van der Waals surface area contributed by atoms with Crippen molar-refractivity contribution in [1.82, 2.24) is 0 Å². The number of esters is 1. The van der Waals surface area contributed by atoms with Gasteiger partial charge in [0.2, 0.25) is 0 Å². The van der Waals surface area contributed by atoms with Gasteiger partial charge < -0.3 is 9.84 Å². The maximum Gasteiger partial charge on any atom is 0.318 e. The molecule has 0 aliphatic rings. The molecular weight excluding hydrogens is 224 g/mol. The summed E-state index contributed by atoms with van der Waals surface area (Å²) in [5.74, 6) is -0.232. The molecule has 0 saturated carbocycles. The third-order valence-corrected chi connectivity index (χ3v) is 3.30. The van der Waals surface area contributed by atoms with Gasteiger partial charge in [-0.3, -0.25) is 4.79 Å². The summed E-state index contributed by atoms with van der Waals surface area (Å²) in [6, 6.07) is 7.51. The van der Waals surface area contributed by atoms with E-state index >= 15 is 0 Å². The summed E-state index contributed by atoms with van der Waals surface area (Å²) >= 11 is 1.44. The Morgan fingerprint density at radius 3 is 2.31 bits per heavy atom. The molecule has 16 heavy (non-hydrogen) atoms. The molecule has 3 nitrogen and oxygen atoms in total. The van der Waals surface area contributed by atoms with Crippen molar-refractivity contribution in [2.24, 2.45) is 0 Å². The molecule has 1 aromatic carbocycles. The van der Waals surface area contributed by atoms with Crippen LogP contribution in [-0.4, -0.2) is 23.4 Å². The minimum atomic E-state index is -0.461. The summed E-state index contributed by atoms with van der Waals surface area (Å²) in [5.41, 5.74) is 0.870. The molecule has 0 amide bonds. The second-order valence-electron chi connectivity index (χ2n) is 3.53. The molecule has 0 aliphatic heterocycles. The number of carbonyl (C=O) groups excluding carboxylic acids is 1. The Bertz CT molecular complexity index is 346. The fourth-order valence-electron chi connectivity index (χ4n) is 1.24. The lowest BCUT2D eigenvalue weighted by molar-refractivity contribution is -0.139. The van der Waals surface area contributed by atoms with Crippen LogP contribution in [0.15, 0.2) is 29.2 Å². The topological polar surface area (TPSA) is 46.5 Å². The minimum Gasteiger partial charge on any atom is -0.468 e. The van der Waals surface area contributed by atoms with Gasteiger partial charge >= 0.3 is 5.97 Å². The Labute approximate surface area is 99.8 Å². The van der Waals surface area contributed by atoms with Gasteiger partial charge in [0.05, 0.1) is 13.2 Å². The lowest BCUT2D eigenvalue weighted by Crippen LogP contribution is -2.14. The molecule has 2 unspecified atom stereocenters. The van der Waals surface area contributed by atoms with Crippen molar-refractivity contribution >= 4 is 17.7 Å². The zero-order valence-corrected chi connectivity index (χ0v) is 10.5. The Kier molecular flexibility index (Phi) is 4.83. The number of aliphatic hydroxyl groups excluding tert-OH is 1. The van der Waals surface area contributed by atoms with Crippen LogP contribution in [-0.2, 0) is 9.53 Å². The monoisotopic (exact) mass is 240 g/mol. The standard InChI is InChI=1S/C12H16O3S/c1-8(13)10-4-6-11(7-5-10)16-9(2)12(14)15-3/h4-9,13H,1-3H3. The van der Waals surface area contributed by atoms with Crippen molar-refractivity contribution in [2.75, 3.05) is 7.11 Å². The highest BCUT2D eigenvalue weighted by atomic mass is 32.2. The molecular formula is C12H16O3S. The molecule has 0 saturated heterocycles. The van der Waals surface area contributed by atoms with Crippen molar-refractivity contribution in [3.05, 3.63) is 29.8 Å². The van der Waals surface area contributed by atoms with E-state index in [0.29, 0.717) is 0 Å². The maximum absolute atomic E-state index is 11.2. The van der Waals surface area contributed by atoms with Crippen LogP contribution in [0.4, 0.5) is 0 Å². The van der Waals surface area contributed by atoms with E-state index in [9.17, 15) is 9.90 Å². The van der Waals surface area contributed by atoms with Crippen molar-refractivity contribution < 1.29 is 14.6 Å². The van der Waals surface area contributed by atoms with Crippen LogP contribution in [0.3, 0.4) is 0 Å². The van der Waals surface area contributed by atoms with E-state index in [0.717, 1.165) is 10.5 Å². The van der Waals surface area contributed by atoms with Gasteiger partial charge in [0, 0.05) is 4.90 Å². The number of methoxy groups -OCH3 is 1. The third kappa shape index (κ3) is 3.54. The number of carbonyl (C=O) groups is 1. The van der Waals surface area contributed by atoms with Crippen molar-refractivity contribution in [3.8, 4) is 0 Å².